The number of hydrogen-bond acceptors (Lipinski definition) is 7. The van der Waals surface area contributed by atoms with Crippen molar-refractivity contribution in [3.8, 4) is 11.3 Å². The number of nitrogens with zero attached hydrogens (tertiary/aromatic N) is 4. The zero-order valence-corrected chi connectivity index (χ0v) is 17.6. The number of aromatic amines is 1. The maximum atomic E-state index is 13.3. The van der Waals surface area contributed by atoms with Crippen molar-refractivity contribution in [1.29, 1.82) is 0 Å². The van der Waals surface area contributed by atoms with E-state index in [9.17, 15) is 13.2 Å². The maximum absolute atomic E-state index is 13.3. The molecule has 0 bridgehead atoms. The van der Waals surface area contributed by atoms with Crippen LogP contribution in [0.3, 0.4) is 0 Å². The summed E-state index contributed by atoms with van der Waals surface area (Å²) in [6.45, 7) is 2.50. The van der Waals surface area contributed by atoms with Gasteiger partial charge in [-0.3, -0.25) is 5.01 Å². The van der Waals surface area contributed by atoms with E-state index in [4.69, 9.17) is 17.4 Å². The number of fused-ring (bicyclic) bond motifs is 1. The molecule has 4 rings (SSSR count). The lowest BCUT2D eigenvalue weighted by Gasteiger charge is -2.14. The zero-order valence-electron chi connectivity index (χ0n) is 17.6. The highest BCUT2D eigenvalue weighted by Crippen LogP contribution is 2.38. The average Bonchev–Trinajstić information content (AvgIpc) is 3.18. The van der Waals surface area contributed by atoms with E-state index in [0.717, 1.165) is 0 Å². The van der Waals surface area contributed by atoms with Crippen molar-refractivity contribution in [3.05, 3.63) is 41.7 Å². The minimum Gasteiger partial charge on any atom is -0.368 e. The lowest BCUT2D eigenvalue weighted by molar-refractivity contribution is -0.137. The molecule has 1 aliphatic rings. The van der Waals surface area contributed by atoms with E-state index < -0.39 is 11.7 Å². The molecule has 8 N–H and O–H groups in total. The van der Waals surface area contributed by atoms with Crippen LogP contribution in [0.1, 0.15) is 30.4 Å². The highest BCUT2D eigenvalue weighted by atomic mass is 19.4. The molecule has 32 heavy (non-hydrogen) atoms. The number of nitrogens with two attached hydrogens (primary N) is 3. The summed E-state index contributed by atoms with van der Waals surface area (Å²) in [4.78, 5) is 10.2. The standard InChI is InChI=1S/C15H15F3N8.C5H11N/c1-26(21)13(25-20)7-2-3-8-9(5-22-11(8)4-7)12-10(15(16,17)18)6-23-14(19)24-12;1-2-4-6-5-3-1/h2-6,22H,20-21H2,1H3,(H2,19,23,24);6H,1-5H2/b25-13-;. The summed E-state index contributed by atoms with van der Waals surface area (Å²) in [6.07, 6.45) is 1.70. The molecule has 0 spiro atoms. The molecule has 0 atom stereocenters. The van der Waals surface area contributed by atoms with Gasteiger partial charge in [0.2, 0.25) is 5.95 Å². The number of alkyl halides is 3. The first-order valence-corrected chi connectivity index (χ1v) is 10.0. The van der Waals surface area contributed by atoms with Gasteiger partial charge in [-0.2, -0.15) is 18.3 Å². The molecule has 1 fully saturated rings. The van der Waals surface area contributed by atoms with Gasteiger partial charge in [0.05, 0.1) is 5.69 Å². The lowest BCUT2D eigenvalue weighted by atomic mass is 10.0. The molecular weight excluding hydrogens is 423 g/mol. The second-order valence-corrected chi connectivity index (χ2v) is 7.33. The number of hydrogen-bond donors (Lipinski definition) is 5. The molecule has 172 valence electrons. The molecule has 2 aromatic heterocycles. The van der Waals surface area contributed by atoms with E-state index in [1.54, 1.807) is 25.2 Å². The molecule has 0 aliphatic carbocycles. The average molecular weight is 449 g/mol. The van der Waals surface area contributed by atoms with Crippen molar-refractivity contribution >= 4 is 22.7 Å². The van der Waals surface area contributed by atoms with Crippen LogP contribution >= 0.6 is 0 Å². The Balaban J connectivity index is 0.000000416. The second-order valence-electron chi connectivity index (χ2n) is 7.33. The minimum absolute atomic E-state index is 0.249. The highest BCUT2D eigenvalue weighted by Gasteiger charge is 2.36. The first kappa shape index (κ1) is 23.3. The van der Waals surface area contributed by atoms with Crippen molar-refractivity contribution in [3.63, 3.8) is 0 Å². The Morgan fingerprint density at radius 1 is 1.19 bits per heavy atom. The number of hydrazine groups is 1. The zero-order chi connectivity index (χ0) is 23.3. The minimum atomic E-state index is -4.62. The fourth-order valence-electron chi connectivity index (χ4n) is 3.44. The van der Waals surface area contributed by atoms with Crippen LogP contribution in [0.15, 0.2) is 35.7 Å². The number of aromatic nitrogens is 3. The van der Waals surface area contributed by atoms with Crippen LogP contribution in [-0.4, -0.2) is 45.9 Å². The number of amidine groups is 1. The Kier molecular flexibility index (Phi) is 7.15. The molecule has 1 saturated heterocycles. The van der Waals surface area contributed by atoms with Crippen molar-refractivity contribution in [2.45, 2.75) is 25.4 Å². The van der Waals surface area contributed by atoms with Crippen LogP contribution in [-0.2, 0) is 6.18 Å². The third-order valence-electron chi connectivity index (χ3n) is 4.97. The summed E-state index contributed by atoms with van der Waals surface area (Å²) >= 11 is 0. The normalized spacial score (nSPS) is 14.7. The van der Waals surface area contributed by atoms with Gasteiger partial charge in [-0.05, 0) is 32.0 Å². The van der Waals surface area contributed by atoms with Gasteiger partial charge in [0.15, 0.2) is 5.84 Å². The monoisotopic (exact) mass is 449 g/mol. The molecule has 1 aromatic carbocycles. The largest absolute Gasteiger partial charge is 0.419 e. The summed E-state index contributed by atoms with van der Waals surface area (Å²) in [5, 5.41) is 8.65. The molecule has 12 heteroatoms. The third-order valence-corrected chi connectivity index (χ3v) is 4.97. The summed E-state index contributed by atoms with van der Waals surface area (Å²) in [7, 11) is 1.56. The van der Waals surface area contributed by atoms with Crippen LogP contribution in [0.4, 0.5) is 19.1 Å². The Morgan fingerprint density at radius 2 is 1.91 bits per heavy atom. The second kappa shape index (κ2) is 9.83. The van der Waals surface area contributed by atoms with Crippen molar-refractivity contribution in [2.24, 2.45) is 16.8 Å². The quantitative estimate of drug-likeness (QED) is 0.175. The predicted molar refractivity (Wildman–Crippen MR) is 118 cm³/mol. The van der Waals surface area contributed by atoms with Crippen molar-refractivity contribution < 1.29 is 13.2 Å². The number of nitrogens with one attached hydrogen (secondary N) is 2. The Hall–Kier alpha value is -3.38. The molecule has 0 radical (unpaired) electrons. The topological polar surface area (TPSA) is 147 Å². The van der Waals surface area contributed by atoms with Crippen LogP contribution in [0.2, 0.25) is 0 Å². The van der Waals surface area contributed by atoms with Gasteiger partial charge < -0.3 is 21.9 Å². The Labute approximate surface area is 182 Å². The van der Waals surface area contributed by atoms with Crippen LogP contribution < -0.4 is 22.7 Å². The summed E-state index contributed by atoms with van der Waals surface area (Å²) in [5.74, 6) is 11.1. The molecule has 0 amide bonds. The number of nitrogen functional groups attached to an aromatic ring is 1. The SMILES string of the molecule is C1CCNCC1.CN(N)/C(=N\N)c1ccc2c(-c3nc(N)ncc3C(F)(F)F)c[nH]c2c1. The summed E-state index contributed by atoms with van der Waals surface area (Å²) in [5.41, 5.74) is 5.62. The van der Waals surface area contributed by atoms with Gasteiger partial charge in [0.1, 0.15) is 5.56 Å². The van der Waals surface area contributed by atoms with E-state index in [1.165, 1.54) is 43.6 Å². The predicted octanol–water partition coefficient (Wildman–Crippen LogP) is 2.41. The molecule has 3 heterocycles. The summed E-state index contributed by atoms with van der Waals surface area (Å²) < 4.78 is 39.9. The van der Waals surface area contributed by atoms with Crippen LogP contribution in [0.25, 0.3) is 22.2 Å². The van der Waals surface area contributed by atoms with Crippen molar-refractivity contribution in [2.75, 3.05) is 25.9 Å². The number of hydrazone groups is 1. The first-order chi connectivity index (χ1) is 15.2. The third kappa shape index (κ3) is 5.26. The number of H-pyrrole nitrogens is 1. The number of rotatable bonds is 2. The van der Waals surface area contributed by atoms with Crippen molar-refractivity contribution in [1.82, 2.24) is 25.3 Å². The fraction of sp³-hybridized carbons (Fsp3) is 0.350. The molecule has 0 unspecified atom stereocenters. The number of benzene rings is 1. The molecular formula is C20H26F3N9. The summed E-state index contributed by atoms with van der Waals surface area (Å²) in [6, 6.07) is 4.95. The Morgan fingerprint density at radius 3 is 2.44 bits per heavy atom. The van der Waals surface area contributed by atoms with Gasteiger partial charge in [0.25, 0.3) is 0 Å². The van der Waals surface area contributed by atoms with E-state index in [2.05, 4.69) is 25.4 Å². The van der Waals surface area contributed by atoms with E-state index >= 15 is 0 Å². The molecule has 9 nitrogen and oxygen atoms in total. The maximum Gasteiger partial charge on any atom is 0.419 e. The van der Waals surface area contributed by atoms with Gasteiger partial charge in [0, 0.05) is 41.5 Å². The van der Waals surface area contributed by atoms with Gasteiger partial charge in [-0.25, -0.2) is 15.8 Å². The number of anilines is 1. The molecule has 0 saturated carbocycles. The number of halogens is 3. The fourth-order valence-corrected chi connectivity index (χ4v) is 3.44. The smallest absolute Gasteiger partial charge is 0.368 e. The Bertz CT molecular complexity index is 1070. The van der Waals surface area contributed by atoms with Gasteiger partial charge in [-0.1, -0.05) is 18.6 Å². The van der Waals surface area contributed by atoms with Crippen LogP contribution in [0.5, 0.6) is 0 Å². The van der Waals surface area contributed by atoms with Crippen LogP contribution in [0, 0.1) is 0 Å². The lowest BCUT2D eigenvalue weighted by Crippen LogP contribution is -2.34. The van der Waals surface area contributed by atoms with E-state index in [1.807, 2.05) is 0 Å². The van der Waals surface area contributed by atoms with E-state index in [0.29, 0.717) is 28.5 Å². The first-order valence-electron chi connectivity index (χ1n) is 10.0. The van der Waals surface area contributed by atoms with Gasteiger partial charge in [-0.15, -0.1) is 0 Å². The number of piperidine rings is 1. The molecule has 1 aliphatic heterocycles. The molecule has 3 aromatic rings. The highest BCUT2D eigenvalue weighted by molar-refractivity contribution is 6.03. The van der Waals surface area contributed by atoms with E-state index in [-0.39, 0.29) is 17.2 Å². The van der Waals surface area contributed by atoms with Gasteiger partial charge >= 0.3 is 6.18 Å².